The molecular weight excluding hydrogens is 412 g/mol. The third kappa shape index (κ3) is 3.59. The van der Waals surface area contributed by atoms with Crippen LogP contribution in [-0.2, 0) is 10.0 Å². The van der Waals surface area contributed by atoms with E-state index in [1.165, 1.54) is 37.2 Å². The average molecular weight is 425 g/mol. The van der Waals surface area contributed by atoms with Gasteiger partial charge in [0.1, 0.15) is 15.8 Å². The van der Waals surface area contributed by atoms with E-state index in [4.69, 9.17) is 16.3 Å². The van der Waals surface area contributed by atoms with E-state index >= 15 is 0 Å². The Kier molecular flexibility index (Phi) is 5.16. The zero-order valence-corrected chi connectivity index (χ0v) is 16.1. The van der Waals surface area contributed by atoms with E-state index in [-0.39, 0.29) is 15.8 Å². The van der Waals surface area contributed by atoms with Crippen molar-refractivity contribution in [3.05, 3.63) is 57.5 Å². The maximum absolute atomic E-state index is 12.8. The highest BCUT2D eigenvalue weighted by atomic mass is 35.5. The second kappa shape index (κ2) is 7.40. The molecule has 0 aliphatic heterocycles. The van der Waals surface area contributed by atoms with Gasteiger partial charge in [0.2, 0.25) is 0 Å². The Morgan fingerprint density at radius 3 is 2.82 bits per heavy atom. The Hall–Kier alpha value is -3.25. The molecule has 0 radical (unpaired) electrons. The summed E-state index contributed by atoms with van der Waals surface area (Å²) in [4.78, 5) is 14.0. The molecular formula is C15H13ClN6O5S. The van der Waals surface area contributed by atoms with Gasteiger partial charge in [-0.1, -0.05) is 11.6 Å². The summed E-state index contributed by atoms with van der Waals surface area (Å²) in [6, 6.07) is 4.82. The predicted molar refractivity (Wildman–Crippen MR) is 100 cm³/mol. The number of methoxy groups -OCH3 is 1. The molecule has 0 N–H and O–H groups in total. The molecule has 0 bridgehead atoms. The molecule has 0 atom stereocenters. The van der Waals surface area contributed by atoms with Gasteiger partial charge >= 0.3 is 0 Å². The van der Waals surface area contributed by atoms with Crippen molar-refractivity contribution in [1.82, 2.24) is 19.0 Å². The van der Waals surface area contributed by atoms with Gasteiger partial charge in [-0.3, -0.25) is 10.1 Å². The number of aromatic nitrogens is 3. The Bertz CT molecular complexity index is 1190. The Morgan fingerprint density at radius 1 is 1.39 bits per heavy atom. The summed E-state index contributed by atoms with van der Waals surface area (Å²) in [5.74, 6) is -0.0444. The molecule has 0 saturated heterocycles. The molecule has 0 aliphatic rings. The van der Waals surface area contributed by atoms with Crippen molar-refractivity contribution in [2.45, 2.75) is 4.90 Å². The first kappa shape index (κ1) is 19.5. The largest absolute Gasteiger partial charge is 0.495 e. The summed E-state index contributed by atoms with van der Waals surface area (Å²) >= 11 is 5.86. The topological polar surface area (TPSA) is 132 Å². The van der Waals surface area contributed by atoms with Gasteiger partial charge in [0.25, 0.3) is 15.7 Å². The van der Waals surface area contributed by atoms with E-state index in [1.54, 1.807) is 12.3 Å². The predicted octanol–water partition coefficient (Wildman–Crippen LogP) is 1.95. The minimum atomic E-state index is -4.22. The SMILES string of the molecule is COc1ccc([N+](=O)[O-])cc1S(=O)(=O)N(C)/N=C/c1cnn2ccc(Cl)nc12. The van der Waals surface area contributed by atoms with Gasteiger partial charge in [0, 0.05) is 25.4 Å². The van der Waals surface area contributed by atoms with Gasteiger partial charge in [-0.15, -0.1) is 0 Å². The molecule has 11 nitrogen and oxygen atoms in total. The maximum Gasteiger partial charge on any atom is 0.282 e. The molecule has 13 heteroatoms. The highest BCUT2D eigenvalue weighted by Gasteiger charge is 2.26. The molecule has 146 valence electrons. The molecule has 0 unspecified atom stereocenters. The second-order valence-corrected chi connectivity index (χ2v) is 7.70. The number of hydrogen-bond acceptors (Lipinski definition) is 8. The Morgan fingerprint density at radius 2 is 2.14 bits per heavy atom. The fourth-order valence-corrected chi connectivity index (χ4v) is 3.55. The van der Waals surface area contributed by atoms with Crippen LogP contribution in [0.15, 0.2) is 46.7 Å². The Labute approximate surface area is 164 Å². The highest BCUT2D eigenvalue weighted by Crippen LogP contribution is 2.30. The normalized spacial score (nSPS) is 11.8. The van der Waals surface area contributed by atoms with Crippen molar-refractivity contribution in [2.75, 3.05) is 14.2 Å². The second-order valence-electron chi connectivity index (χ2n) is 5.39. The van der Waals surface area contributed by atoms with Crippen molar-refractivity contribution in [3.8, 4) is 5.75 Å². The summed E-state index contributed by atoms with van der Waals surface area (Å²) in [7, 11) is -1.77. The number of ether oxygens (including phenoxy) is 1. The number of hydrogen-bond donors (Lipinski definition) is 0. The lowest BCUT2D eigenvalue weighted by Gasteiger charge is -2.15. The first-order valence-electron chi connectivity index (χ1n) is 7.59. The van der Waals surface area contributed by atoms with E-state index in [9.17, 15) is 18.5 Å². The van der Waals surface area contributed by atoms with Crippen molar-refractivity contribution in [1.29, 1.82) is 0 Å². The quantitative estimate of drug-likeness (QED) is 0.255. The first-order chi connectivity index (χ1) is 13.2. The van der Waals surface area contributed by atoms with Crippen molar-refractivity contribution >= 4 is 39.2 Å². The molecule has 2 aromatic heterocycles. The van der Waals surface area contributed by atoms with Gasteiger partial charge in [0.05, 0.1) is 30.0 Å². The molecule has 0 spiro atoms. The number of rotatable bonds is 6. The number of hydrazone groups is 1. The minimum Gasteiger partial charge on any atom is -0.495 e. The minimum absolute atomic E-state index is 0.0444. The highest BCUT2D eigenvalue weighted by molar-refractivity contribution is 7.89. The van der Waals surface area contributed by atoms with Crippen LogP contribution in [0, 0.1) is 10.1 Å². The molecule has 0 fully saturated rings. The maximum atomic E-state index is 12.8. The van der Waals surface area contributed by atoms with Crippen LogP contribution in [0.2, 0.25) is 5.15 Å². The summed E-state index contributed by atoms with van der Waals surface area (Å²) < 4.78 is 32.8. The number of halogens is 1. The van der Waals surface area contributed by atoms with Gasteiger partial charge in [-0.25, -0.2) is 9.50 Å². The lowest BCUT2D eigenvalue weighted by Crippen LogP contribution is -2.22. The number of non-ortho nitro benzene ring substituents is 1. The number of nitro benzene ring substituents is 1. The number of benzene rings is 1. The fourth-order valence-electron chi connectivity index (χ4n) is 2.28. The molecule has 0 saturated carbocycles. The molecule has 28 heavy (non-hydrogen) atoms. The summed E-state index contributed by atoms with van der Waals surface area (Å²) in [6.45, 7) is 0. The number of sulfonamides is 1. The molecule has 0 aliphatic carbocycles. The van der Waals surface area contributed by atoms with Crippen LogP contribution in [0.3, 0.4) is 0 Å². The van der Waals surface area contributed by atoms with E-state index in [0.717, 1.165) is 12.1 Å². The first-order valence-corrected chi connectivity index (χ1v) is 9.41. The molecule has 1 aromatic carbocycles. The third-order valence-electron chi connectivity index (χ3n) is 3.71. The van der Waals surface area contributed by atoms with Crippen molar-refractivity contribution < 1.29 is 18.1 Å². The van der Waals surface area contributed by atoms with Crippen LogP contribution < -0.4 is 4.74 Å². The van der Waals surface area contributed by atoms with Gasteiger partial charge < -0.3 is 4.74 Å². The van der Waals surface area contributed by atoms with Gasteiger partial charge in [-0.2, -0.15) is 23.0 Å². The molecule has 0 amide bonds. The van der Waals surface area contributed by atoms with Crippen LogP contribution in [-0.4, -0.2) is 52.7 Å². The smallest absolute Gasteiger partial charge is 0.282 e. The van der Waals surface area contributed by atoms with E-state index in [1.807, 2.05) is 0 Å². The van der Waals surface area contributed by atoms with E-state index in [2.05, 4.69) is 15.2 Å². The van der Waals surface area contributed by atoms with Crippen LogP contribution in [0.1, 0.15) is 5.56 Å². The van der Waals surface area contributed by atoms with Crippen molar-refractivity contribution in [2.24, 2.45) is 5.10 Å². The van der Waals surface area contributed by atoms with Gasteiger partial charge in [-0.05, 0) is 12.1 Å². The third-order valence-corrected chi connectivity index (χ3v) is 5.58. The summed E-state index contributed by atoms with van der Waals surface area (Å²) in [5.41, 5.74) is 0.420. The average Bonchev–Trinajstić information content (AvgIpc) is 3.07. The standard InChI is InChI=1S/C15H13ClN6O5S/c1-20(17-8-10-9-18-21-6-5-14(16)19-15(10)21)28(25,26)13-7-11(22(23)24)3-4-12(13)27-2/h3-9H,1-2H3/b17-8+. The number of fused-ring (bicyclic) bond motifs is 1. The lowest BCUT2D eigenvalue weighted by atomic mass is 10.3. The molecule has 3 aromatic rings. The van der Waals surface area contributed by atoms with E-state index in [0.29, 0.717) is 15.6 Å². The van der Waals surface area contributed by atoms with Crippen LogP contribution in [0.25, 0.3) is 5.65 Å². The monoisotopic (exact) mass is 424 g/mol. The zero-order valence-electron chi connectivity index (χ0n) is 14.6. The molecule has 3 rings (SSSR count). The summed E-state index contributed by atoms with van der Waals surface area (Å²) in [6.07, 6.45) is 4.28. The van der Waals surface area contributed by atoms with Crippen LogP contribution >= 0.6 is 11.6 Å². The van der Waals surface area contributed by atoms with Crippen LogP contribution in [0.4, 0.5) is 5.69 Å². The summed E-state index contributed by atoms with van der Waals surface area (Å²) in [5, 5.41) is 19.2. The number of nitrogens with zero attached hydrogens (tertiary/aromatic N) is 6. The zero-order chi connectivity index (χ0) is 20.5. The van der Waals surface area contributed by atoms with Crippen LogP contribution in [0.5, 0.6) is 5.75 Å². The Balaban J connectivity index is 1.98. The van der Waals surface area contributed by atoms with E-state index < -0.39 is 20.6 Å². The number of nitro groups is 1. The van der Waals surface area contributed by atoms with Crippen molar-refractivity contribution in [3.63, 3.8) is 0 Å². The molecule has 2 heterocycles. The van der Waals surface area contributed by atoms with Gasteiger partial charge in [0.15, 0.2) is 5.65 Å². The lowest BCUT2D eigenvalue weighted by molar-refractivity contribution is -0.385. The fraction of sp³-hybridized carbons (Fsp3) is 0.133.